The molecule has 0 N–H and O–H groups in total. The molecule has 0 heterocycles. The van der Waals surface area contributed by atoms with Crippen LogP contribution < -0.4 is 0 Å². The Kier molecular flexibility index (Phi) is 4.14. The Morgan fingerprint density at radius 1 is 1.00 bits per heavy atom. The van der Waals surface area contributed by atoms with Crippen LogP contribution in [0.3, 0.4) is 0 Å². The summed E-state index contributed by atoms with van der Waals surface area (Å²) in [6, 6.07) is 16.1. The molecule has 2 aromatic rings. The maximum atomic E-state index is 12.1. The zero-order valence-corrected chi connectivity index (χ0v) is 11.1. The van der Waals surface area contributed by atoms with Crippen molar-refractivity contribution in [2.75, 3.05) is 6.61 Å². The molecule has 0 amide bonds. The van der Waals surface area contributed by atoms with Crippen LogP contribution in [-0.4, -0.2) is 15.0 Å². The third kappa shape index (κ3) is 3.10. The van der Waals surface area contributed by atoms with Crippen molar-refractivity contribution in [2.45, 2.75) is 4.90 Å². The molecule has 0 aliphatic heterocycles. The average molecular weight is 274 g/mol. The van der Waals surface area contributed by atoms with Crippen LogP contribution in [-0.2, 0) is 14.3 Å². The van der Waals surface area contributed by atoms with Crippen LogP contribution in [0.25, 0.3) is 11.1 Å². The van der Waals surface area contributed by atoms with Crippen LogP contribution in [0, 0.1) is 0 Å². The highest BCUT2D eigenvalue weighted by molar-refractivity contribution is 7.87. The molecule has 0 bridgehead atoms. The first-order valence-corrected chi connectivity index (χ1v) is 7.21. The number of hydrogen-bond acceptors (Lipinski definition) is 3. The van der Waals surface area contributed by atoms with Crippen molar-refractivity contribution in [3.63, 3.8) is 0 Å². The fourth-order valence-corrected chi connectivity index (χ4v) is 2.84. The summed E-state index contributed by atoms with van der Waals surface area (Å²) in [4.78, 5) is 0.169. The molecule has 19 heavy (non-hydrogen) atoms. The average Bonchev–Trinajstić information content (AvgIpc) is 2.46. The molecular weight excluding hydrogens is 260 g/mol. The molecule has 4 heteroatoms. The predicted octanol–water partition coefficient (Wildman–Crippen LogP) is 3.24. The lowest BCUT2D eigenvalue weighted by molar-refractivity contribution is 0.357. The zero-order chi connectivity index (χ0) is 13.7. The maximum absolute atomic E-state index is 12.1. The van der Waals surface area contributed by atoms with Gasteiger partial charge in [-0.3, -0.25) is 4.18 Å². The van der Waals surface area contributed by atoms with Gasteiger partial charge >= 0.3 is 0 Å². The summed E-state index contributed by atoms with van der Waals surface area (Å²) >= 11 is 0. The van der Waals surface area contributed by atoms with Gasteiger partial charge in [-0.25, -0.2) is 0 Å². The highest BCUT2D eigenvalue weighted by Gasteiger charge is 2.19. The van der Waals surface area contributed by atoms with Gasteiger partial charge in [0.2, 0.25) is 0 Å². The van der Waals surface area contributed by atoms with Crippen molar-refractivity contribution < 1.29 is 12.6 Å². The minimum Gasteiger partial charge on any atom is -0.262 e. The highest BCUT2D eigenvalue weighted by Crippen LogP contribution is 2.28. The standard InChI is InChI=1S/C15H14O3S/c1-2-12-18-19(16,17)15-11-7-6-10-14(15)13-8-4-3-5-9-13/h2-11H,1,12H2. The molecular formula is C15H14O3S. The second kappa shape index (κ2) is 5.82. The van der Waals surface area contributed by atoms with E-state index < -0.39 is 10.1 Å². The third-order valence-corrected chi connectivity index (χ3v) is 3.92. The molecule has 0 fully saturated rings. The Labute approximate surface area is 113 Å². The van der Waals surface area contributed by atoms with Gasteiger partial charge in [-0.15, -0.1) is 6.58 Å². The topological polar surface area (TPSA) is 43.4 Å². The molecule has 98 valence electrons. The van der Waals surface area contributed by atoms with E-state index in [2.05, 4.69) is 6.58 Å². The summed E-state index contributed by atoms with van der Waals surface area (Å²) in [7, 11) is -3.77. The lowest BCUT2D eigenvalue weighted by atomic mass is 10.1. The van der Waals surface area contributed by atoms with E-state index in [1.165, 1.54) is 6.08 Å². The Morgan fingerprint density at radius 3 is 2.32 bits per heavy atom. The van der Waals surface area contributed by atoms with E-state index in [1.807, 2.05) is 30.3 Å². The molecule has 2 aromatic carbocycles. The Bertz CT molecular complexity index is 661. The largest absolute Gasteiger partial charge is 0.297 e. The van der Waals surface area contributed by atoms with Gasteiger partial charge in [0.25, 0.3) is 10.1 Å². The molecule has 0 saturated heterocycles. The lowest BCUT2D eigenvalue weighted by Crippen LogP contribution is -2.07. The number of rotatable bonds is 5. The summed E-state index contributed by atoms with van der Waals surface area (Å²) in [5.41, 5.74) is 1.47. The normalized spacial score (nSPS) is 11.2. The van der Waals surface area contributed by atoms with Gasteiger partial charge in [0.05, 0.1) is 6.61 Å². The van der Waals surface area contributed by atoms with Gasteiger partial charge in [0.15, 0.2) is 0 Å². The number of benzene rings is 2. The monoisotopic (exact) mass is 274 g/mol. The lowest BCUT2D eigenvalue weighted by Gasteiger charge is -2.09. The summed E-state index contributed by atoms with van der Waals surface area (Å²) in [5.74, 6) is 0. The first-order valence-electron chi connectivity index (χ1n) is 5.80. The molecule has 0 aromatic heterocycles. The van der Waals surface area contributed by atoms with Gasteiger partial charge in [-0.05, 0) is 11.6 Å². The molecule has 0 atom stereocenters. The second-order valence-electron chi connectivity index (χ2n) is 3.89. The molecule has 3 nitrogen and oxygen atoms in total. The highest BCUT2D eigenvalue weighted by atomic mass is 32.2. The minimum absolute atomic E-state index is 0.0363. The first kappa shape index (κ1) is 13.5. The summed E-state index contributed by atoms with van der Waals surface area (Å²) in [6.45, 7) is 3.41. The Balaban J connectivity index is 2.51. The van der Waals surface area contributed by atoms with E-state index in [1.54, 1.807) is 24.3 Å². The van der Waals surface area contributed by atoms with Gasteiger partial charge in [0.1, 0.15) is 4.90 Å². The van der Waals surface area contributed by atoms with Crippen LogP contribution in [0.2, 0.25) is 0 Å². The van der Waals surface area contributed by atoms with Crippen LogP contribution in [0.15, 0.2) is 72.1 Å². The SMILES string of the molecule is C=CCOS(=O)(=O)c1ccccc1-c1ccccc1. The fourth-order valence-electron chi connectivity index (χ4n) is 1.74. The maximum Gasteiger partial charge on any atom is 0.297 e. The minimum atomic E-state index is -3.77. The Hall–Kier alpha value is -1.91. The molecule has 0 saturated carbocycles. The smallest absolute Gasteiger partial charge is 0.262 e. The van der Waals surface area contributed by atoms with Crippen molar-refractivity contribution in [3.8, 4) is 11.1 Å². The van der Waals surface area contributed by atoms with Crippen LogP contribution in [0.4, 0.5) is 0 Å². The van der Waals surface area contributed by atoms with E-state index in [9.17, 15) is 8.42 Å². The summed E-state index contributed by atoms with van der Waals surface area (Å²) in [5, 5.41) is 0. The number of hydrogen-bond donors (Lipinski definition) is 0. The molecule has 0 aliphatic rings. The quantitative estimate of drug-likeness (QED) is 0.621. The van der Waals surface area contributed by atoms with Crippen LogP contribution in [0.1, 0.15) is 0 Å². The van der Waals surface area contributed by atoms with Crippen molar-refractivity contribution in [1.29, 1.82) is 0 Å². The van der Waals surface area contributed by atoms with Crippen molar-refractivity contribution in [1.82, 2.24) is 0 Å². The first-order chi connectivity index (χ1) is 9.15. The van der Waals surface area contributed by atoms with Crippen molar-refractivity contribution in [2.24, 2.45) is 0 Å². The van der Waals surface area contributed by atoms with E-state index in [4.69, 9.17) is 4.18 Å². The summed E-state index contributed by atoms with van der Waals surface area (Å²) in [6.07, 6.45) is 1.41. The molecule has 0 aliphatic carbocycles. The molecule has 0 spiro atoms. The fraction of sp³-hybridized carbons (Fsp3) is 0.0667. The van der Waals surface area contributed by atoms with E-state index in [-0.39, 0.29) is 11.5 Å². The van der Waals surface area contributed by atoms with Crippen molar-refractivity contribution in [3.05, 3.63) is 67.3 Å². The predicted molar refractivity (Wildman–Crippen MR) is 75.2 cm³/mol. The van der Waals surface area contributed by atoms with Crippen molar-refractivity contribution >= 4 is 10.1 Å². The Morgan fingerprint density at radius 2 is 1.63 bits per heavy atom. The molecule has 0 unspecified atom stereocenters. The van der Waals surface area contributed by atoms with Crippen LogP contribution >= 0.6 is 0 Å². The van der Waals surface area contributed by atoms with Gasteiger partial charge in [-0.1, -0.05) is 54.6 Å². The molecule has 0 radical (unpaired) electrons. The second-order valence-corrected chi connectivity index (χ2v) is 5.47. The van der Waals surface area contributed by atoms with Gasteiger partial charge < -0.3 is 0 Å². The van der Waals surface area contributed by atoms with Gasteiger partial charge in [-0.2, -0.15) is 8.42 Å². The zero-order valence-electron chi connectivity index (χ0n) is 10.3. The third-order valence-electron chi connectivity index (χ3n) is 2.58. The summed E-state index contributed by atoms with van der Waals surface area (Å²) < 4.78 is 29.1. The van der Waals surface area contributed by atoms with Gasteiger partial charge in [0, 0.05) is 5.56 Å². The van der Waals surface area contributed by atoms with Crippen LogP contribution in [0.5, 0.6) is 0 Å². The van der Waals surface area contributed by atoms with E-state index >= 15 is 0 Å². The van der Waals surface area contributed by atoms with E-state index in [0.717, 1.165) is 5.56 Å². The molecule has 2 rings (SSSR count). The van der Waals surface area contributed by atoms with E-state index in [0.29, 0.717) is 5.56 Å².